The number of pyridine rings is 1. The lowest BCUT2D eigenvalue weighted by Crippen LogP contribution is -2.46. The molecule has 0 spiro atoms. The highest BCUT2D eigenvalue weighted by Gasteiger charge is 2.33. The zero-order valence-corrected chi connectivity index (χ0v) is 26.8. The number of aromatic nitrogens is 3. The van der Waals surface area contributed by atoms with Gasteiger partial charge in [0.05, 0.1) is 17.1 Å². The van der Waals surface area contributed by atoms with Crippen molar-refractivity contribution in [2.24, 2.45) is 5.92 Å². The van der Waals surface area contributed by atoms with Crippen molar-refractivity contribution in [3.8, 4) is 11.1 Å². The topological polar surface area (TPSA) is 89.4 Å². The van der Waals surface area contributed by atoms with E-state index >= 15 is 0 Å². The SMILES string of the molecule is CC(c1ccc(-c2ccc(F)cc2)cc1)n1c(=O)n(C2CCN(C(=O)C3CCN(Cc4ccc(N)nc4)CC3)CC2)c2ccccc21. The van der Waals surface area contributed by atoms with E-state index in [-0.39, 0.29) is 35.4 Å². The first-order valence-electron chi connectivity index (χ1n) is 16.6. The van der Waals surface area contributed by atoms with Gasteiger partial charge >= 0.3 is 5.69 Å². The Hall–Kier alpha value is -4.76. The van der Waals surface area contributed by atoms with Crippen LogP contribution in [0.4, 0.5) is 10.2 Å². The Balaban J connectivity index is 1.02. The number of hydrogen-bond acceptors (Lipinski definition) is 5. The van der Waals surface area contributed by atoms with Crippen molar-refractivity contribution < 1.29 is 9.18 Å². The average molecular weight is 633 g/mol. The van der Waals surface area contributed by atoms with Gasteiger partial charge in [-0.15, -0.1) is 0 Å². The minimum absolute atomic E-state index is 0.0187. The zero-order chi connectivity index (χ0) is 32.5. The number of benzene rings is 3. The van der Waals surface area contributed by atoms with Crippen molar-refractivity contribution in [1.82, 2.24) is 23.9 Å². The van der Waals surface area contributed by atoms with Gasteiger partial charge in [0.15, 0.2) is 0 Å². The van der Waals surface area contributed by atoms with Crippen LogP contribution in [0.3, 0.4) is 0 Å². The lowest BCUT2D eigenvalue weighted by Gasteiger charge is -2.37. The van der Waals surface area contributed by atoms with Crippen molar-refractivity contribution in [2.45, 2.75) is 51.2 Å². The Morgan fingerprint density at radius 2 is 1.49 bits per heavy atom. The molecular weight excluding hydrogens is 591 g/mol. The molecule has 0 saturated carbocycles. The van der Waals surface area contributed by atoms with E-state index in [2.05, 4.69) is 16.8 Å². The lowest BCUT2D eigenvalue weighted by atomic mass is 9.93. The number of carbonyl (C=O) groups excluding carboxylic acids is 1. The maximum atomic E-state index is 14.2. The molecule has 1 atom stereocenters. The van der Waals surface area contributed by atoms with Crippen LogP contribution >= 0.6 is 0 Å². The summed E-state index contributed by atoms with van der Waals surface area (Å²) >= 11 is 0. The molecule has 2 fully saturated rings. The summed E-state index contributed by atoms with van der Waals surface area (Å²) in [5.41, 5.74) is 11.6. The van der Waals surface area contributed by atoms with E-state index in [1.165, 1.54) is 12.1 Å². The number of amides is 1. The van der Waals surface area contributed by atoms with Crippen LogP contribution in [0, 0.1) is 11.7 Å². The van der Waals surface area contributed by atoms with Gasteiger partial charge in [-0.1, -0.05) is 54.6 Å². The number of para-hydroxylation sites is 2. The number of fused-ring (bicyclic) bond motifs is 1. The van der Waals surface area contributed by atoms with Crippen molar-refractivity contribution in [3.63, 3.8) is 0 Å². The monoisotopic (exact) mass is 632 g/mol. The molecule has 2 aliphatic rings. The largest absolute Gasteiger partial charge is 0.384 e. The third-order valence-corrected chi connectivity index (χ3v) is 10.1. The molecule has 3 aromatic carbocycles. The van der Waals surface area contributed by atoms with Crippen molar-refractivity contribution in [2.75, 3.05) is 31.9 Å². The summed E-state index contributed by atoms with van der Waals surface area (Å²) in [7, 11) is 0. The summed E-state index contributed by atoms with van der Waals surface area (Å²) in [6.45, 7) is 5.98. The number of nitrogens with two attached hydrogens (primary N) is 1. The fourth-order valence-corrected chi connectivity index (χ4v) is 7.39. The fraction of sp³-hybridized carbons (Fsp3) is 0.342. The number of nitrogens with zero attached hydrogens (tertiary/aromatic N) is 5. The predicted molar refractivity (Wildman–Crippen MR) is 183 cm³/mol. The summed E-state index contributed by atoms with van der Waals surface area (Å²) in [5.74, 6) is 0.572. The van der Waals surface area contributed by atoms with Crippen LogP contribution in [0.2, 0.25) is 0 Å². The molecule has 7 rings (SSSR count). The van der Waals surface area contributed by atoms with E-state index < -0.39 is 0 Å². The average Bonchev–Trinajstić information content (AvgIpc) is 3.41. The lowest BCUT2D eigenvalue weighted by molar-refractivity contribution is -0.138. The number of anilines is 1. The molecular formula is C38H41FN6O2. The molecule has 47 heavy (non-hydrogen) atoms. The van der Waals surface area contributed by atoms with E-state index in [0.717, 1.165) is 78.6 Å². The van der Waals surface area contributed by atoms with E-state index in [0.29, 0.717) is 18.9 Å². The number of rotatable bonds is 7. The molecule has 0 aliphatic carbocycles. The predicted octanol–water partition coefficient (Wildman–Crippen LogP) is 6.27. The summed E-state index contributed by atoms with van der Waals surface area (Å²) in [5, 5.41) is 0. The Labute approximate surface area is 274 Å². The number of hydrogen-bond donors (Lipinski definition) is 1. The van der Waals surface area contributed by atoms with E-state index in [1.54, 1.807) is 12.1 Å². The van der Waals surface area contributed by atoms with Gasteiger partial charge in [0, 0.05) is 37.8 Å². The third kappa shape index (κ3) is 6.32. The quantitative estimate of drug-likeness (QED) is 0.229. The maximum Gasteiger partial charge on any atom is 0.329 e. The molecule has 2 aromatic heterocycles. The van der Waals surface area contributed by atoms with Gasteiger partial charge in [-0.05, 0) is 98.3 Å². The van der Waals surface area contributed by atoms with Gasteiger partial charge < -0.3 is 10.6 Å². The van der Waals surface area contributed by atoms with Crippen LogP contribution in [0.25, 0.3) is 22.2 Å². The molecule has 1 unspecified atom stereocenters. The molecule has 5 aromatic rings. The molecule has 8 nitrogen and oxygen atoms in total. The number of halogens is 1. The Kier molecular flexibility index (Phi) is 8.64. The van der Waals surface area contributed by atoms with Crippen LogP contribution in [-0.4, -0.2) is 56.0 Å². The highest BCUT2D eigenvalue weighted by atomic mass is 19.1. The van der Waals surface area contributed by atoms with E-state index in [4.69, 9.17) is 5.73 Å². The van der Waals surface area contributed by atoms with Crippen LogP contribution in [-0.2, 0) is 11.3 Å². The van der Waals surface area contributed by atoms with E-state index in [9.17, 15) is 14.0 Å². The second-order valence-corrected chi connectivity index (χ2v) is 13.0. The molecule has 2 aliphatic heterocycles. The minimum Gasteiger partial charge on any atom is -0.384 e. The first kappa shape index (κ1) is 30.9. The van der Waals surface area contributed by atoms with Crippen molar-refractivity contribution in [1.29, 1.82) is 0 Å². The van der Waals surface area contributed by atoms with Gasteiger partial charge in [0.25, 0.3) is 0 Å². The highest BCUT2D eigenvalue weighted by Crippen LogP contribution is 2.31. The second-order valence-electron chi connectivity index (χ2n) is 13.0. The van der Waals surface area contributed by atoms with E-state index in [1.807, 2.05) is 80.9 Å². The number of nitrogen functional groups attached to an aromatic ring is 1. The summed E-state index contributed by atoms with van der Waals surface area (Å²) in [6.07, 6.45) is 5.05. The Morgan fingerprint density at radius 3 is 2.13 bits per heavy atom. The molecule has 9 heteroatoms. The number of piperidine rings is 2. The third-order valence-electron chi connectivity index (χ3n) is 10.1. The molecule has 4 heterocycles. The molecule has 242 valence electrons. The molecule has 0 radical (unpaired) electrons. The molecule has 2 saturated heterocycles. The van der Waals surface area contributed by atoms with Gasteiger partial charge in [-0.3, -0.25) is 18.8 Å². The van der Waals surface area contributed by atoms with Gasteiger partial charge in [0.2, 0.25) is 5.91 Å². The first-order chi connectivity index (χ1) is 22.9. The van der Waals surface area contributed by atoms with Gasteiger partial charge in [-0.2, -0.15) is 0 Å². The smallest absolute Gasteiger partial charge is 0.329 e. The van der Waals surface area contributed by atoms with Gasteiger partial charge in [0.1, 0.15) is 11.6 Å². The highest BCUT2D eigenvalue weighted by molar-refractivity contribution is 5.79. The number of likely N-dealkylation sites (tertiary alicyclic amines) is 2. The summed E-state index contributed by atoms with van der Waals surface area (Å²) in [4.78, 5) is 36.3. The second kappa shape index (κ2) is 13.2. The first-order valence-corrected chi connectivity index (χ1v) is 16.6. The van der Waals surface area contributed by atoms with Gasteiger partial charge in [-0.25, -0.2) is 14.2 Å². The van der Waals surface area contributed by atoms with Crippen LogP contribution in [0.1, 0.15) is 55.8 Å². The van der Waals surface area contributed by atoms with Crippen LogP contribution in [0.15, 0.2) is 95.9 Å². The van der Waals surface area contributed by atoms with Crippen LogP contribution in [0.5, 0.6) is 0 Å². The fourth-order valence-electron chi connectivity index (χ4n) is 7.39. The standard InChI is InChI=1S/C38H41FN6O2/c1-26(28-7-9-29(10-8-28)30-11-13-32(39)14-12-30)44-34-4-2-3-5-35(34)45(38(44)47)33-18-22-43(23-19-33)37(46)31-16-20-42(21-17-31)25-27-6-15-36(40)41-24-27/h2-15,24,26,31,33H,16-23,25H2,1H3,(H2,40,41). The maximum absolute atomic E-state index is 14.2. The number of imidazole rings is 1. The molecule has 1 amide bonds. The van der Waals surface area contributed by atoms with Crippen molar-refractivity contribution >= 4 is 22.8 Å². The molecule has 2 N–H and O–H groups in total. The van der Waals surface area contributed by atoms with Crippen molar-refractivity contribution in [3.05, 3.63) is 119 Å². The van der Waals surface area contributed by atoms with Crippen LogP contribution < -0.4 is 11.4 Å². The summed E-state index contributed by atoms with van der Waals surface area (Å²) in [6, 6.07) is 26.3. The minimum atomic E-state index is -0.257. The number of carbonyl (C=O) groups is 1. The Bertz CT molecular complexity index is 1900. The summed E-state index contributed by atoms with van der Waals surface area (Å²) < 4.78 is 17.3. The molecule has 0 bridgehead atoms. The Morgan fingerprint density at radius 1 is 0.851 bits per heavy atom. The zero-order valence-electron chi connectivity index (χ0n) is 26.8. The normalized spacial score (nSPS) is 17.3.